The molecule has 0 unspecified atom stereocenters. The van der Waals surface area contributed by atoms with Gasteiger partial charge in [-0.3, -0.25) is 4.79 Å². The maximum absolute atomic E-state index is 10.9. The standard InChI is InChI=1S/C12H22N2O3/c1-2-4-12(15)11-17-10-9-16-8-7-14-6-3-5-13/h14H,3,5-11,13H2,1H3. The van der Waals surface area contributed by atoms with Crippen molar-refractivity contribution in [3.8, 4) is 11.8 Å². The maximum atomic E-state index is 10.9. The first-order chi connectivity index (χ1) is 8.31. The van der Waals surface area contributed by atoms with Gasteiger partial charge in [0.15, 0.2) is 0 Å². The van der Waals surface area contributed by atoms with Gasteiger partial charge in [0, 0.05) is 6.54 Å². The van der Waals surface area contributed by atoms with E-state index >= 15 is 0 Å². The average Bonchev–Trinajstić information content (AvgIpc) is 2.32. The van der Waals surface area contributed by atoms with Crippen LogP contribution in [0.3, 0.4) is 0 Å². The molecule has 0 saturated carbocycles. The van der Waals surface area contributed by atoms with Crippen LogP contribution in [0.1, 0.15) is 13.3 Å². The zero-order valence-corrected chi connectivity index (χ0v) is 10.5. The Kier molecular flexibility index (Phi) is 12.4. The van der Waals surface area contributed by atoms with Crippen molar-refractivity contribution in [3.05, 3.63) is 0 Å². The van der Waals surface area contributed by atoms with E-state index in [1.54, 1.807) is 6.92 Å². The Morgan fingerprint density at radius 2 is 2.00 bits per heavy atom. The molecular weight excluding hydrogens is 220 g/mol. The lowest BCUT2D eigenvalue weighted by Gasteiger charge is -2.05. The number of hydrogen-bond donors (Lipinski definition) is 2. The van der Waals surface area contributed by atoms with E-state index in [4.69, 9.17) is 15.2 Å². The van der Waals surface area contributed by atoms with Crippen LogP contribution >= 0.6 is 0 Å². The number of nitrogens with two attached hydrogens (primary N) is 1. The Balaban J connectivity index is 3.07. The third-order valence-corrected chi connectivity index (χ3v) is 1.85. The van der Waals surface area contributed by atoms with E-state index in [1.807, 2.05) is 0 Å². The van der Waals surface area contributed by atoms with E-state index in [0.29, 0.717) is 26.4 Å². The molecule has 0 heterocycles. The Morgan fingerprint density at radius 3 is 2.71 bits per heavy atom. The fourth-order valence-electron chi connectivity index (χ4n) is 1.06. The van der Waals surface area contributed by atoms with Gasteiger partial charge in [-0.2, -0.15) is 0 Å². The van der Waals surface area contributed by atoms with Crippen molar-refractivity contribution in [2.45, 2.75) is 13.3 Å². The Morgan fingerprint density at radius 1 is 1.24 bits per heavy atom. The summed E-state index contributed by atoms with van der Waals surface area (Å²) in [6.45, 7) is 5.64. The number of nitrogens with one attached hydrogen (secondary N) is 1. The minimum atomic E-state index is -0.198. The molecule has 5 heteroatoms. The van der Waals surface area contributed by atoms with Gasteiger partial charge >= 0.3 is 0 Å². The van der Waals surface area contributed by atoms with Crippen LogP contribution in [-0.2, 0) is 14.3 Å². The fourth-order valence-corrected chi connectivity index (χ4v) is 1.06. The molecule has 98 valence electrons. The second-order valence-corrected chi connectivity index (χ2v) is 3.36. The second-order valence-electron chi connectivity index (χ2n) is 3.36. The molecule has 3 N–H and O–H groups in total. The van der Waals surface area contributed by atoms with Crippen molar-refractivity contribution in [1.82, 2.24) is 5.32 Å². The Hall–Kier alpha value is -0.930. The van der Waals surface area contributed by atoms with Crippen molar-refractivity contribution in [3.63, 3.8) is 0 Å². The van der Waals surface area contributed by atoms with Crippen LogP contribution in [0, 0.1) is 11.8 Å². The van der Waals surface area contributed by atoms with Crippen LogP contribution in [0.4, 0.5) is 0 Å². The molecule has 0 rings (SSSR count). The Labute approximate surface area is 103 Å². The summed E-state index contributed by atoms with van der Waals surface area (Å²) in [5.74, 6) is 4.73. The highest BCUT2D eigenvalue weighted by molar-refractivity contribution is 5.96. The number of ketones is 1. The molecule has 17 heavy (non-hydrogen) atoms. The summed E-state index contributed by atoms with van der Waals surface area (Å²) in [6.07, 6.45) is 0.976. The van der Waals surface area contributed by atoms with Crippen LogP contribution in [0.15, 0.2) is 0 Å². The molecule has 0 radical (unpaired) electrons. The smallest absolute Gasteiger partial charge is 0.231 e. The molecule has 0 fully saturated rings. The van der Waals surface area contributed by atoms with Crippen LogP contribution in [0.2, 0.25) is 0 Å². The van der Waals surface area contributed by atoms with Crippen LogP contribution in [0.25, 0.3) is 0 Å². The molecular formula is C12H22N2O3. The fraction of sp³-hybridized carbons (Fsp3) is 0.750. The maximum Gasteiger partial charge on any atom is 0.231 e. The SMILES string of the molecule is CC#CC(=O)COCCOCCNCCCN. The lowest BCUT2D eigenvalue weighted by atomic mass is 10.4. The predicted molar refractivity (Wildman–Crippen MR) is 66.6 cm³/mol. The van der Waals surface area contributed by atoms with Crippen LogP contribution in [0.5, 0.6) is 0 Å². The van der Waals surface area contributed by atoms with Gasteiger partial charge in [-0.15, -0.1) is 0 Å². The third-order valence-electron chi connectivity index (χ3n) is 1.85. The highest BCUT2D eigenvalue weighted by atomic mass is 16.5. The Bertz CT molecular complexity index is 246. The van der Waals surface area contributed by atoms with Crippen molar-refractivity contribution in [2.75, 3.05) is 46.1 Å². The topological polar surface area (TPSA) is 73.6 Å². The van der Waals surface area contributed by atoms with Crippen LogP contribution in [-0.4, -0.2) is 51.8 Å². The van der Waals surface area contributed by atoms with Gasteiger partial charge in [0.25, 0.3) is 0 Å². The monoisotopic (exact) mass is 242 g/mol. The van der Waals surface area contributed by atoms with Gasteiger partial charge in [0.2, 0.25) is 5.78 Å². The molecule has 0 amide bonds. The number of carbonyl (C=O) groups excluding carboxylic acids is 1. The van der Waals surface area contributed by atoms with Crippen LogP contribution < -0.4 is 11.1 Å². The molecule has 0 aromatic carbocycles. The summed E-state index contributed by atoms with van der Waals surface area (Å²) in [5, 5.41) is 3.19. The van der Waals surface area contributed by atoms with Crippen molar-refractivity contribution >= 4 is 5.78 Å². The molecule has 5 nitrogen and oxygen atoms in total. The quantitative estimate of drug-likeness (QED) is 0.292. The summed E-state index contributed by atoms with van der Waals surface area (Å²) in [4.78, 5) is 10.9. The van der Waals surface area contributed by atoms with E-state index in [-0.39, 0.29) is 12.4 Å². The van der Waals surface area contributed by atoms with E-state index in [0.717, 1.165) is 19.5 Å². The molecule has 0 aromatic heterocycles. The molecule has 0 aliphatic carbocycles. The van der Waals surface area contributed by atoms with E-state index in [1.165, 1.54) is 0 Å². The van der Waals surface area contributed by atoms with E-state index in [9.17, 15) is 4.79 Å². The first kappa shape index (κ1) is 16.1. The van der Waals surface area contributed by atoms with Gasteiger partial charge in [0.1, 0.15) is 6.61 Å². The first-order valence-corrected chi connectivity index (χ1v) is 5.83. The summed E-state index contributed by atoms with van der Waals surface area (Å²) in [6, 6.07) is 0. The van der Waals surface area contributed by atoms with Gasteiger partial charge < -0.3 is 20.5 Å². The second kappa shape index (κ2) is 13.1. The van der Waals surface area contributed by atoms with Crippen molar-refractivity contribution in [2.24, 2.45) is 5.73 Å². The number of hydrogen-bond acceptors (Lipinski definition) is 5. The molecule has 0 saturated heterocycles. The summed E-state index contributed by atoms with van der Waals surface area (Å²) in [7, 11) is 0. The summed E-state index contributed by atoms with van der Waals surface area (Å²) >= 11 is 0. The minimum Gasteiger partial charge on any atom is -0.378 e. The lowest BCUT2D eigenvalue weighted by Crippen LogP contribution is -2.23. The molecule has 0 aliphatic heterocycles. The van der Waals surface area contributed by atoms with Gasteiger partial charge in [-0.1, -0.05) is 5.92 Å². The molecule has 0 aliphatic rings. The lowest BCUT2D eigenvalue weighted by molar-refractivity contribution is -0.118. The molecule has 0 aromatic rings. The average molecular weight is 242 g/mol. The van der Waals surface area contributed by atoms with Gasteiger partial charge in [0.05, 0.1) is 19.8 Å². The van der Waals surface area contributed by atoms with Crippen molar-refractivity contribution < 1.29 is 14.3 Å². The number of ether oxygens (including phenoxy) is 2. The number of Topliss-reactive ketones (excluding diaryl/α,β-unsaturated/α-hetero) is 1. The summed E-state index contributed by atoms with van der Waals surface area (Å²) < 4.78 is 10.4. The minimum absolute atomic E-state index is 0.0406. The van der Waals surface area contributed by atoms with E-state index in [2.05, 4.69) is 17.2 Å². The largest absolute Gasteiger partial charge is 0.378 e. The summed E-state index contributed by atoms with van der Waals surface area (Å²) in [5.41, 5.74) is 5.35. The number of carbonyl (C=O) groups is 1. The van der Waals surface area contributed by atoms with Crippen molar-refractivity contribution in [1.29, 1.82) is 0 Å². The normalized spacial score (nSPS) is 9.76. The predicted octanol–water partition coefficient (Wildman–Crippen LogP) is -0.450. The first-order valence-electron chi connectivity index (χ1n) is 5.83. The third kappa shape index (κ3) is 13.0. The zero-order valence-electron chi connectivity index (χ0n) is 10.5. The molecule has 0 atom stereocenters. The zero-order chi connectivity index (χ0) is 12.8. The molecule has 0 bridgehead atoms. The van der Waals surface area contributed by atoms with Gasteiger partial charge in [-0.05, 0) is 32.4 Å². The number of rotatable bonds is 11. The van der Waals surface area contributed by atoms with E-state index < -0.39 is 0 Å². The molecule has 0 spiro atoms. The highest BCUT2D eigenvalue weighted by Gasteiger charge is 1.96. The highest BCUT2D eigenvalue weighted by Crippen LogP contribution is 1.80. The van der Waals surface area contributed by atoms with Gasteiger partial charge in [-0.25, -0.2) is 0 Å².